The number of hydrogen-bond acceptors (Lipinski definition) is 3. The third kappa shape index (κ3) is 3.38. The van der Waals surface area contributed by atoms with E-state index >= 15 is 0 Å². The topological polar surface area (TPSA) is 32.8 Å². The number of likely N-dealkylation sites (tertiary alicyclic amines) is 1. The Morgan fingerprint density at radius 1 is 1.28 bits per heavy atom. The van der Waals surface area contributed by atoms with E-state index in [1.54, 1.807) is 0 Å². The first-order valence-electron chi connectivity index (χ1n) is 6.29. The average molecular weight is 262 g/mol. The average Bonchev–Trinajstić information content (AvgIpc) is 2.57. The van der Waals surface area contributed by atoms with Crippen LogP contribution in [0.4, 0.5) is 8.78 Å². The second kappa shape index (κ2) is 4.74. The van der Waals surface area contributed by atoms with Crippen LogP contribution in [0.1, 0.15) is 20.3 Å². The maximum absolute atomic E-state index is 13.0. The van der Waals surface area contributed by atoms with Crippen LogP contribution in [0.3, 0.4) is 0 Å². The van der Waals surface area contributed by atoms with E-state index in [4.69, 9.17) is 4.74 Å². The maximum atomic E-state index is 13.0. The zero-order valence-electron chi connectivity index (χ0n) is 10.9. The summed E-state index contributed by atoms with van der Waals surface area (Å²) in [6.07, 6.45) is -0.215. The van der Waals surface area contributed by atoms with Crippen LogP contribution < -0.4 is 0 Å². The predicted molar refractivity (Wildman–Crippen MR) is 62.6 cm³/mol. The van der Waals surface area contributed by atoms with Gasteiger partial charge in [-0.15, -0.1) is 0 Å². The molecule has 1 amide bonds. The Balaban J connectivity index is 1.85. The molecule has 0 bridgehead atoms. The molecule has 0 aromatic heterocycles. The summed E-state index contributed by atoms with van der Waals surface area (Å²) in [5.74, 6) is -2.91. The minimum Gasteiger partial charge on any atom is -0.373 e. The van der Waals surface area contributed by atoms with E-state index in [-0.39, 0.29) is 31.0 Å². The van der Waals surface area contributed by atoms with Gasteiger partial charge in [0.15, 0.2) is 0 Å². The molecule has 2 aliphatic heterocycles. The van der Waals surface area contributed by atoms with Gasteiger partial charge < -0.3 is 9.64 Å². The van der Waals surface area contributed by atoms with Crippen molar-refractivity contribution in [3.63, 3.8) is 0 Å². The Hall–Kier alpha value is -0.750. The van der Waals surface area contributed by atoms with E-state index in [1.807, 2.05) is 18.7 Å². The third-order valence-corrected chi connectivity index (χ3v) is 3.39. The van der Waals surface area contributed by atoms with Crippen molar-refractivity contribution in [2.75, 3.05) is 39.3 Å². The molecular weight excluding hydrogens is 242 g/mol. The highest BCUT2D eigenvalue weighted by molar-refractivity contribution is 5.78. The number of rotatable bonds is 2. The largest absolute Gasteiger partial charge is 0.373 e. The maximum Gasteiger partial charge on any atom is 0.267 e. The number of morpholine rings is 1. The first-order valence-corrected chi connectivity index (χ1v) is 6.29. The van der Waals surface area contributed by atoms with Gasteiger partial charge in [0.05, 0.1) is 25.3 Å². The van der Waals surface area contributed by atoms with Crippen LogP contribution in [-0.2, 0) is 9.53 Å². The van der Waals surface area contributed by atoms with Crippen molar-refractivity contribution in [2.45, 2.75) is 31.8 Å². The van der Waals surface area contributed by atoms with E-state index < -0.39 is 12.5 Å². The predicted octanol–water partition coefficient (Wildman–Crippen LogP) is 0.965. The first-order chi connectivity index (χ1) is 8.27. The normalized spacial score (nSPS) is 27.4. The Labute approximate surface area is 106 Å². The Bertz CT molecular complexity index is 334. The van der Waals surface area contributed by atoms with E-state index in [1.165, 1.54) is 4.90 Å². The quantitative estimate of drug-likeness (QED) is 0.743. The van der Waals surface area contributed by atoms with Crippen molar-refractivity contribution in [3.8, 4) is 0 Å². The van der Waals surface area contributed by atoms with Gasteiger partial charge in [0.25, 0.3) is 5.92 Å². The fourth-order valence-corrected chi connectivity index (χ4v) is 2.49. The number of hydrogen-bond donors (Lipinski definition) is 0. The third-order valence-electron chi connectivity index (χ3n) is 3.39. The fourth-order valence-electron chi connectivity index (χ4n) is 2.49. The van der Waals surface area contributed by atoms with Gasteiger partial charge in [0.2, 0.25) is 5.91 Å². The fraction of sp³-hybridized carbons (Fsp3) is 0.917. The van der Waals surface area contributed by atoms with Gasteiger partial charge in [-0.3, -0.25) is 9.69 Å². The molecule has 2 aliphatic rings. The molecule has 0 saturated carbocycles. The highest BCUT2D eigenvalue weighted by Gasteiger charge is 2.40. The van der Waals surface area contributed by atoms with E-state index in [2.05, 4.69) is 0 Å². The van der Waals surface area contributed by atoms with Gasteiger partial charge in [-0.25, -0.2) is 8.78 Å². The minimum absolute atomic E-state index is 0.166. The number of ether oxygens (including phenoxy) is 1. The van der Waals surface area contributed by atoms with E-state index in [9.17, 15) is 13.6 Å². The summed E-state index contributed by atoms with van der Waals surface area (Å²) in [5, 5.41) is 0. The number of carbonyl (C=O) groups is 1. The van der Waals surface area contributed by atoms with Crippen LogP contribution >= 0.6 is 0 Å². The molecular formula is C12H20F2N2O2. The summed E-state index contributed by atoms with van der Waals surface area (Å²) in [4.78, 5) is 15.2. The van der Waals surface area contributed by atoms with Crippen LogP contribution in [-0.4, -0.2) is 66.6 Å². The standard InChI is InChI=1S/C12H20F2N2O2/c1-11(2)8-15(5-6-18-11)7-10(17)16-4-3-12(13,14)9-16/h3-9H2,1-2H3. The number of nitrogens with zero attached hydrogens (tertiary/aromatic N) is 2. The van der Waals surface area contributed by atoms with Crippen molar-refractivity contribution >= 4 is 5.91 Å². The van der Waals surface area contributed by atoms with Crippen LogP contribution in [0.25, 0.3) is 0 Å². The first kappa shape index (κ1) is 13.7. The Morgan fingerprint density at radius 3 is 2.56 bits per heavy atom. The van der Waals surface area contributed by atoms with Crippen molar-refractivity contribution in [3.05, 3.63) is 0 Å². The molecule has 0 radical (unpaired) electrons. The zero-order chi connectivity index (χ0) is 13.4. The summed E-state index contributed by atoms with van der Waals surface area (Å²) >= 11 is 0. The molecule has 2 heterocycles. The molecule has 0 atom stereocenters. The van der Waals surface area contributed by atoms with Crippen LogP contribution in [0.2, 0.25) is 0 Å². The monoisotopic (exact) mass is 262 g/mol. The van der Waals surface area contributed by atoms with Gasteiger partial charge in [0.1, 0.15) is 0 Å². The number of carbonyl (C=O) groups excluding carboxylic acids is 1. The van der Waals surface area contributed by atoms with E-state index in [0.29, 0.717) is 19.7 Å². The van der Waals surface area contributed by atoms with Crippen molar-refractivity contribution < 1.29 is 18.3 Å². The number of alkyl halides is 2. The molecule has 2 saturated heterocycles. The van der Waals surface area contributed by atoms with Gasteiger partial charge >= 0.3 is 0 Å². The molecule has 6 heteroatoms. The summed E-state index contributed by atoms with van der Waals surface area (Å²) < 4.78 is 31.6. The lowest BCUT2D eigenvalue weighted by Gasteiger charge is -2.38. The van der Waals surface area contributed by atoms with Crippen molar-refractivity contribution in [1.82, 2.24) is 9.80 Å². The van der Waals surface area contributed by atoms with Gasteiger partial charge in [-0.05, 0) is 13.8 Å². The molecule has 104 valence electrons. The van der Waals surface area contributed by atoms with Gasteiger partial charge in [0, 0.05) is 26.1 Å². The van der Waals surface area contributed by atoms with Crippen LogP contribution in [0.5, 0.6) is 0 Å². The molecule has 2 rings (SSSR count). The van der Waals surface area contributed by atoms with Gasteiger partial charge in [-0.1, -0.05) is 0 Å². The highest BCUT2D eigenvalue weighted by atomic mass is 19.3. The second-order valence-electron chi connectivity index (χ2n) is 5.74. The van der Waals surface area contributed by atoms with Crippen LogP contribution in [0, 0.1) is 0 Å². The Morgan fingerprint density at radius 2 is 2.00 bits per heavy atom. The molecule has 0 aliphatic carbocycles. The summed E-state index contributed by atoms with van der Waals surface area (Å²) in [7, 11) is 0. The zero-order valence-corrected chi connectivity index (χ0v) is 10.9. The minimum atomic E-state index is -2.71. The molecule has 18 heavy (non-hydrogen) atoms. The lowest BCUT2D eigenvalue weighted by Crippen LogP contribution is -2.51. The van der Waals surface area contributed by atoms with Gasteiger partial charge in [-0.2, -0.15) is 0 Å². The molecule has 4 nitrogen and oxygen atoms in total. The lowest BCUT2D eigenvalue weighted by atomic mass is 10.1. The molecule has 0 spiro atoms. The smallest absolute Gasteiger partial charge is 0.267 e. The molecule has 0 unspecified atom stereocenters. The molecule has 2 fully saturated rings. The van der Waals surface area contributed by atoms with Crippen molar-refractivity contribution in [2.24, 2.45) is 0 Å². The Kier molecular flexibility index (Phi) is 3.60. The summed E-state index contributed by atoms with van der Waals surface area (Å²) in [5.41, 5.74) is -0.270. The summed E-state index contributed by atoms with van der Waals surface area (Å²) in [6.45, 7) is 5.79. The van der Waals surface area contributed by atoms with E-state index in [0.717, 1.165) is 0 Å². The molecule has 0 aromatic rings. The van der Waals surface area contributed by atoms with Crippen LogP contribution in [0.15, 0.2) is 0 Å². The number of amides is 1. The highest BCUT2D eigenvalue weighted by Crippen LogP contribution is 2.27. The number of halogens is 2. The molecule has 0 aromatic carbocycles. The molecule has 0 N–H and O–H groups in total. The summed E-state index contributed by atoms with van der Waals surface area (Å²) in [6, 6.07) is 0. The second-order valence-corrected chi connectivity index (χ2v) is 5.74. The lowest BCUT2D eigenvalue weighted by molar-refractivity contribution is -0.137. The van der Waals surface area contributed by atoms with Crippen molar-refractivity contribution in [1.29, 1.82) is 0 Å². The SMILES string of the molecule is CC1(C)CN(CC(=O)N2CCC(F)(F)C2)CCO1.